The molecule has 0 aliphatic carbocycles. The molecule has 0 aliphatic rings. The number of halogens is 1. The Labute approximate surface area is 115 Å². The molecule has 2 rings (SSSR count). The molecule has 0 radical (unpaired) electrons. The first kappa shape index (κ1) is 12.7. The second-order valence-electron chi connectivity index (χ2n) is 4.04. The average Bonchev–Trinajstić information content (AvgIpc) is 2.79. The van der Waals surface area contributed by atoms with Gasteiger partial charge in [-0.15, -0.1) is 0 Å². The molecule has 1 unspecified atom stereocenters. The molecule has 1 atom stereocenters. The van der Waals surface area contributed by atoms with Crippen molar-refractivity contribution >= 4 is 21.6 Å². The predicted octanol–water partition coefficient (Wildman–Crippen LogP) is 4.28. The Balaban J connectivity index is 2.03. The van der Waals surface area contributed by atoms with Crippen LogP contribution in [0.5, 0.6) is 0 Å². The van der Waals surface area contributed by atoms with Crippen LogP contribution in [0.4, 0.5) is 5.69 Å². The maximum Gasteiger partial charge on any atom is 0.169 e. The van der Waals surface area contributed by atoms with E-state index < -0.39 is 0 Å². The van der Waals surface area contributed by atoms with Gasteiger partial charge in [-0.25, -0.2) is 0 Å². The molecule has 0 amide bonds. The van der Waals surface area contributed by atoms with Gasteiger partial charge in [-0.1, -0.05) is 12.1 Å². The summed E-state index contributed by atoms with van der Waals surface area (Å²) in [5.41, 5.74) is 2.04. The highest BCUT2D eigenvalue weighted by Crippen LogP contribution is 2.23. The molecule has 0 aliphatic heterocycles. The lowest BCUT2D eigenvalue weighted by atomic mass is 10.1. The van der Waals surface area contributed by atoms with E-state index in [-0.39, 0.29) is 6.04 Å². The fraction of sp³-hybridized carbons (Fsp3) is 0.214. The van der Waals surface area contributed by atoms with Gasteiger partial charge in [0.25, 0.3) is 0 Å². The predicted molar refractivity (Wildman–Crippen MR) is 74.2 cm³/mol. The van der Waals surface area contributed by atoms with Crippen LogP contribution in [-0.4, -0.2) is 0 Å². The van der Waals surface area contributed by atoms with Crippen LogP contribution >= 0.6 is 15.9 Å². The molecule has 1 aromatic carbocycles. The maximum absolute atomic E-state index is 8.60. The molecule has 1 N–H and O–H groups in total. The molecule has 1 aromatic heterocycles. The highest BCUT2D eigenvalue weighted by atomic mass is 79.9. The van der Waals surface area contributed by atoms with Gasteiger partial charge in [-0.05, 0) is 52.7 Å². The van der Waals surface area contributed by atoms with Gasteiger partial charge in [-0.3, -0.25) is 0 Å². The van der Waals surface area contributed by atoms with E-state index in [2.05, 4.69) is 27.3 Å². The van der Waals surface area contributed by atoms with Gasteiger partial charge in [0.1, 0.15) is 5.76 Å². The smallest absolute Gasteiger partial charge is 0.169 e. The van der Waals surface area contributed by atoms with Crippen molar-refractivity contribution in [2.75, 3.05) is 5.32 Å². The Hall–Kier alpha value is -1.73. The molecule has 0 saturated carbocycles. The minimum absolute atomic E-state index is 0.0955. The van der Waals surface area contributed by atoms with Crippen LogP contribution < -0.4 is 5.32 Å². The SMILES string of the molecule is CC(Nc1ccc(CC#N)cc1)c1ccc(Br)o1. The minimum Gasteiger partial charge on any atom is -0.452 e. The summed E-state index contributed by atoms with van der Waals surface area (Å²) in [4.78, 5) is 0. The van der Waals surface area contributed by atoms with Crippen molar-refractivity contribution < 1.29 is 4.42 Å². The summed E-state index contributed by atoms with van der Waals surface area (Å²) in [6, 6.07) is 13.9. The zero-order valence-electron chi connectivity index (χ0n) is 9.98. The van der Waals surface area contributed by atoms with E-state index >= 15 is 0 Å². The third-order valence-corrected chi connectivity index (χ3v) is 3.07. The molecule has 0 saturated heterocycles. The fourth-order valence-corrected chi connectivity index (χ4v) is 2.01. The van der Waals surface area contributed by atoms with Crippen molar-refractivity contribution in [2.45, 2.75) is 19.4 Å². The van der Waals surface area contributed by atoms with Crippen LogP contribution in [0.15, 0.2) is 45.5 Å². The number of nitrogens with zero attached hydrogens (tertiary/aromatic N) is 1. The van der Waals surface area contributed by atoms with E-state index in [4.69, 9.17) is 9.68 Å². The molecule has 2 aromatic rings. The van der Waals surface area contributed by atoms with Gasteiger partial charge in [0.2, 0.25) is 0 Å². The lowest BCUT2D eigenvalue weighted by Gasteiger charge is -2.13. The first-order valence-electron chi connectivity index (χ1n) is 5.66. The largest absolute Gasteiger partial charge is 0.452 e. The number of anilines is 1. The molecule has 92 valence electrons. The molecule has 0 bridgehead atoms. The molecule has 0 fully saturated rings. The number of nitriles is 1. The standard InChI is InChI=1S/C14H13BrN2O/c1-10(13-6-7-14(15)18-13)17-12-4-2-11(3-5-12)8-9-16/h2-7,10,17H,8H2,1H3. The van der Waals surface area contributed by atoms with Gasteiger partial charge in [0, 0.05) is 5.69 Å². The van der Waals surface area contributed by atoms with Gasteiger partial charge >= 0.3 is 0 Å². The minimum atomic E-state index is 0.0955. The van der Waals surface area contributed by atoms with Gasteiger partial charge in [0.05, 0.1) is 18.5 Å². The van der Waals surface area contributed by atoms with Gasteiger partial charge in [0.15, 0.2) is 4.67 Å². The summed E-state index contributed by atoms with van der Waals surface area (Å²) in [5.74, 6) is 0.878. The summed E-state index contributed by atoms with van der Waals surface area (Å²) in [5, 5.41) is 11.9. The summed E-state index contributed by atoms with van der Waals surface area (Å²) < 4.78 is 6.22. The van der Waals surface area contributed by atoms with Crippen molar-refractivity contribution in [3.63, 3.8) is 0 Å². The Bertz CT molecular complexity index is 554. The van der Waals surface area contributed by atoms with Gasteiger partial charge < -0.3 is 9.73 Å². The van der Waals surface area contributed by atoms with Crippen LogP contribution in [0.2, 0.25) is 0 Å². The number of benzene rings is 1. The fourth-order valence-electron chi connectivity index (χ4n) is 1.69. The van der Waals surface area contributed by atoms with Crippen LogP contribution in [0, 0.1) is 11.3 Å². The van der Waals surface area contributed by atoms with Crippen molar-refractivity contribution in [3.05, 3.63) is 52.4 Å². The van der Waals surface area contributed by atoms with Crippen molar-refractivity contribution in [1.82, 2.24) is 0 Å². The van der Waals surface area contributed by atoms with Gasteiger partial charge in [-0.2, -0.15) is 5.26 Å². The first-order chi connectivity index (χ1) is 8.69. The normalized spacial score (nSPS) is 11.8. The summed E-state index contributed by atoms with van der Waals surface area (Å²) in [6.45, 7) is 2.04. The van der Waals surface area contributed by atoms with Crippen molar-refractivity contribution in [3.8, 4) is 6.07 Å². The van der Waals surface area contributed by atoms with E-state index in [1.807, 2.05) is 43.3 Å². The first-order valence-corrected chi connectivity index (χ1v) is 6.46. The van der Waals surface area contributed by atoms with Crippen molar-refractivity contribution in [2.24, 2.45) is 0 Å². The molecule has 4 heteroatoms. The van der Waals surface area contributed by atoms with E-state index in [9.17, 15) is 0 Å². The van der Waals surface area contributed by atoms with E-state index in [1.54, 1.807) is 0 Å². The molecular formula is C14H13BrN2O. The number of rotatable bonds is 4. The third-order valence-electron chi connectivity index (χ3n) is 2.64. The Morgan fingerprint density at radius 3 is 2.56 bits per heavy atom. The highest BCUT2D eigenvalue weighted by Gasteiger charge is 2.09. The van der Waals surface area contributed by atoms with Crippen LogP contribution in [0.3, 0.4) is 0 Å². The Kier molecular flexibility index (Phi) is 4.06. The molecule has 1 heterocycles. The molecular weight excluding hydrogens is 292 g/mol. The van der Waals surface area contributed by atoms with Crippen molar-refractivity contribution in [1.29, 1.82) is 5.26 Å². The highest BCUT2D eigenvalue weighted by molar-refractivity contribution is 9.10. The van der Waals surface area contributed by atoms with Crippen LogP contribution in [0.1, 0.15) is 24.3 Å². The van der Waals surface area contributed by atoms with E-state index in [0.29, 0.717) is 6.42 Å². The topological polar surface area (TPSA) is 49.0 Å². The Morgan fingerprint density at radius 2 is 2.00 bits per heavy atom. The second-order valence-corrected chi connectivity index (χ2v) is 4.82. The van der Waals surface area contributed by atoms with E-state index in [0.717, 1.165) is 21.7 Å². The third kappa shape index (κ3) is 3.14. The number of furan rings is 1. The number of nitrogens with one attached hydrogen (secondary N) is 1. The second kappa shape index (κ2) is 5.74. The average molecular weight is 305 g/mol. The molecule has 0 spiro atoms. The Morgan fingerprint density at radius 1 is 1.28 bits per heavy atom. The zero-order chi connectivity index (χ0) is 13.0. The zero-order valence-corrected chi connectivity index (χ0v) is 11.6. The summed E-state index contributed by atoms with van der Waals surface area (Å²) in [7, 11) is 0. The van der Waals surface area contributed by atoms with Crippen LogP contribution in [-0.2, 0) is 6.42 Å². The lowest BCUT2D eigenvalue weighted by Crippen LogP contribution is -2.05. The van der Waals surface area contributed by atoms with E-state index in [1.165, 1.54) is 0 Å². The number of hydrogen-bond donors (Lipinski definition) is 1. The summed E-state index contributed by atoms with van der Waals surface area (Å²) in [6.07, 6.45) is 0.445. The number of hydrogen-bond acceptors (Lipinski definition) is 3. The molecule has 3 nitrogen and oxygen atoms in total. The van der Waals surface area contributed by atoms with Crippen LogP contribution in [0.25, 0.3) is 0 Å². The maximum atomic E-state index is 8.60. The summed E-state index contributed by atoms with van der Waals surface area (Å²) >= 11 is 3.29. The quantitative estimate of drug-likeness (QED) is 0.917. The molecule has 18 heavy (non-hydrogen) atoms. The lowest BCUT2D eigenvalue weighted by molar-refractivity contribution is 0.471. The monoisotopic (exact) mass is 304 g/mol.